The number of nitrogens with zero attached hydrogens (tertiary/aromatic N) is 3. The van der Waals surface area contributed by atoms with Crippen LogP contribution < -0.4 is 26.7 Å². The molecule has 0 radical (unpaired) electrons. The van der Waals surface area contributed by atoms with Gasteiger partial charge in [-0.1, -0.05) is 30.9 Å². The van der Waals surface area contributed by atoms with Crippen LogP contribution in [0, 0.1) is 27.7 Å². The van der Waals surface area contributed by atoms with E-state index in [0.717, 1.165) is 6.42 Å². The molecule has 5 nitrogen and oxygen atoms in total. The predicted octanol–water partition coefficient (Wildman–Crippen LogP) is 2.20. The highest BCUT2D eigenvalue weighted by atomic mass is 16.1. The predicted molar refractivity (Wildman–Crippen MR) is 130 cm³/mol. The first-order valence-electron chi connectivity index (χ1n) is 10.4. The number of likely N-dealkylation sites (N-methyl/N-ethyl adjacent to an activating group) is 1. The van der Waals surface area contributed by atoms with Gasteiger partial charge < -0.3 is 4.90 Å². The van der Waals surface area contributed by atoms with Crippen molar-refractivity contribution in [1.82, 2.24) is 9.13 Å². The van der Waals surface area contributed by atoms with Gasteiger partial charge in [0.2, 0.25) is 0 Å². The first kappa shape index (κ1) is 22.3. The van der Waals surface area contributed by atoms with Crippen LogP contribution in [0.15, 0.2) is 45.7 Å². The Morgan fingerprint density at radius 2 is 1.26 bits per heavy atom. The molecule has 0 unspecified atom stereocenters. The zero-order chi connectivity index (χ0) is 23.0. The fourth-order valence-electron chi connectivity index (χ4n) is 4.16. The topological polar surface area (TPSA) is 47.2 Å². The number of fused-ring (bicyclic) bond motifs is 1. The lowest BCUT2D eigenvalue weighted by Gasteiger charge is -2.20. The second kappa shape index (κ2) is 8.42. The fourth-order valence-corrected chi connectivity index (χ4v) is 4.16. The summed E-state index contributed by atoms with van der Waals surface area (Å²) in [5.74, 6) is 0. The van der Waals surface area contributed by atoms with Crippen molar-refractivity contribution in [2.75, 3.05) is 11.9 Å². The number of hydrogen-bond donors (Lipinski definition) is 0. The smallest absolute Gasteiger partial charge is 0.264 e. The van der Waals surface area contributed by atoms with E-state index >= 15 is 0 Å². The highest BCUT2D eigenvalue weighted by Gasteiger charge is 2.26. The fraction of sp³-hybridized carbons (Fsp3) is 0.308. The highest BCUT2D eigenvalue weighted by molar-refractivity contribution is 5.73. The van der Waals surface area contributed by atoms with Crippen molar-refractivity contribution in [3.63, 3.8) is 0 Å². The number of aromatic nitrogens is 2. The molecule has 162 valence electrons. The van der Waals surface area contributed by atoms with E-state index in [1.807, 2.05) is 18.2 Å². The molecule has 0 bridgehead atoms. The van der Waals surface area contributed by atoms with Crippen LogP contribution >= 0.6 is 0 Å². The highest BCUT2D eigenvalue weighted by Crippen LogP contribution is 2.41. The van der Waals surface area contributed by atoms with Gasteiger partial charge in [-0.25, -0.2) is 0 Å². The lowest BCUT2D eigenvalue weighted by atomic mass is 9.92. The van der Waals surface area contributed by atoms with E-state index in [2.05, 4.69) is 52.3 Å². The molecule has 0 N–H and O–H groups in total. The normalized spacial score (nSPS) is 14.9. The van der Waals surface area contributed by atoms with Crippen molar-refractivity contribution >= 4 is 18.3 Å². The summed E-state index contributed by atoms with van der Waals surface area (Å²) in [4.78, 5) is 26.9. The van der Waals surface area contributed by atoms with Gasteiger partial charge in [0.1, 0.15) is 10.7 Å². The number of anilines is 1. The Morgan fingerprint density at radius 3 is 1.84 bits per heavy atom. The van der Waals surface area contributed by atoms with Gasteiger partial charge in [0, 0.05) is 38.9 Å². The molecule has 3 rings (SSSR count). The molecule has 1 aliphatic heterocycles. The molecular formula is C26H31N3O2. The van der Waals surface area contributed by atoms with Gasteiger partial charge in [0.05, 0.1) is 0 Å². The Morgan fingerprint density at radius 1 is 0.742 bits per heavy atom. The van der Waals surface area contributed by atoms with Gasteiger partial charge in [0.15, 0.2) is 0 Å². The van der Waals surface area contributed by atoms with E-state index in [0.29, 0.717) is 5.48 Å². The third-order valence-electron chi connectivity index (χ3n) is 6.63. The monoisotopic (exact) mass is 417 g/mol. The van der Waals surface area contributed by atoms with Crippen LogP contribution in [-0.2, 0) is 20.5 Å². The minimum absolute atomic E-state index is 0.128. The maximum absolute atomic E-state index is 12.3. The van der Waals surface area contributed by atoms with Crippen molar-refractivity contribution in [2.24, 2.45) is 14.1 Å². The van der Waals surface area contributed by atoms with Crippen molar-refractivity contribution in [1.29, 1.82) is 0 Å². The number of hydrogen-bond acceptors (Lipinski definition) is 3. The van der Waals surface area contributed by atoms with Crippen LogP contribution in [-0.4, -0.2) is 16.2 Å². The molecule has 2 aromatic rings. The molecule has 0 saturated heterocycles. The van der Waals surface area contributed by atoms with Gasteiger partial charge in [-0.3, -0.25) is 18.7 Å². The van der Waals surface area contributed by atoms with Crippen LogP contribution in [0.1, 0.15) is 27.8 Å². The quantitative estimate of drug-likeness (QED) is 0.720. The summed E-state index contributed by atoms with van der Waals surface area (Å²) in [6, 6.07) is 0. The maximum Gasteiger partial charge on any atom is 0.264 e. The Bertz CT molecular complexity index is 1340. The summed E-state index contributed by atoms with van der Waals surface area (Å²) in [6.45, 7) is 12.6. The third kappa shape index (κ3) is 3.76. The van der Waals surface area contributed by atoms with Gasteiger partial charge in [-0.05, 0) is 67.7 Å². The number of allylic oxidation sites excluding steroid dienone is 6. The molecule has 1 aliphatic rings. The van der Waals surface area contributed by atoms with Crippen molar-refractivity contribution < 1.29 is 0 Å². The largest absolute Gasteiger partial charge is 0.347 e. The number of rotatable bonds is 3. The second-order valence-electron chi connectivity index (χ2n) is 8.22. The zero-order valence-corrected chi connectivity index (χ0v) is 19.5. The first-order valence-corrected chi connectivity index (χ1v) is 10.4. The molecule has 31 heavy (non-hydrogen) atoms. The van der Waals surface area contributed by atoms with Crippen LogP contribution in [0.5, 0.6) is 0 Å². The lowest BCUT2D eigenvalue weighted by molar-refractivity contribution is 0.666. The standard InChI is InChI=1S/C26H31N3O2/c1-16-17(2)19(4)24-23(18(16)3)15-21(29(24)8)13-11-9-10-12-14-22-25(30)27(6)20(5)28(7)26(22)31/h9-14H,5,15H2,1-4,6-8H3. The van der Waals surface area contributed by atoms with Crippen LogP contribution in [0.4, 0.5) is 5.69 Å². The Kier molecular flexibility index (Phi) is 6.07. The van der Waals surface area contributed by atoms with Gasteiger partial charge in [-0.2, -0.15) is 0 Å². The van der Waals surface area contributed by atoms with Crippen LogP contribution in [0.3, 0.4) is 0 Å². The average molecular weight is 418 g/mol. The summed E-state index contributed by atoms with van der Waals surface area (Å²) >= 11 is 0. The number of benzene rings is 1. The molecule has 0 aliphatic carbocycles. The molecular weight excluding hydrogens is 386 g/mol. The average Bonchev–Trinajstić information content (AvgIpc) is 3.08. The molecule has 0 amide bonds. The maximum atomic E-state index is 12.3. The van der Waals surface area contributed by atoms with E-state index in [-0.39, 0.29) is 16.3 Å². The molecule has 0 fully saturated rings. The zero-order valence-electron chi connectivity index (χ0n) is 19.5. The molecule has 0 saturated carbocycles. The summed E-state index contributed by atoms with van der Waals surface area (Å²) in [5, 5.41) is 0.128. The lowest BCUT2D eigenvalue weighted by Crippen LogP contribution is -2.56. The molecule has 5 heteroatoms. The van der Waals surface area contributed by atoms with Crippen molar-refractivity contribution in [3.8, 4) is 0 Å². The Labute approximate surface area is 183 Å². The summed E-state index contributed by atoms with van der Waals surface area (Å²) < 4.78 is 2.75. The minimum Gasteiger partial charge on any atom is -0.347 e. The summed E-state index contributed by atoms with van der Waals surface area (Å²) in [5.41, 5.74) is 9.13. The molecule has 0 atom stereocenters. The van der Waals surface area contributed by atoms with Gasteiger partial charge >= 0.3 is 0 Å². The van der Waals surface area contributed by atoms with Crippen molar-refractivity contribution in [3.05, 3.63) is 95.3 Å². The molecule has 1 aromatic carbocycles. The van der Waals surface area contributed by atoms with E-state index in [1.165, 1.54) is 48.3 Å². The summed E-state index contributed by atoms with van der Waals surface area (Å²) in [7, 11) is 5.34. The van der Waals surface area contributed by atoms with E-state index in [1.54, 1.807) is 26.2 Å². The van der Waals surface area contributed by atoms with Crippen LogP contribution in [0.25, 0.3) is 12.7 Å². The van der Waals surface area contributed by atoms with Gasteiger partial charge in [-0.15, -0.1) is 0 Å². The Hall–Kier alpha value is -3.34. The van der Waals surface area contributed by atoms with E-state index < -0.39 is 0 Å². The molecule has 1 aromatic heterocycles. The van der Waals surface area contributed by atoms with E-state index in [9.17, 15) is 9.59 Å². The molecule has 2 heterocycles. The summed E-state index contributed by atoms with van der Waals surface area (Å²) in [6.07, 6.45) is 12.0. The van der Waals surface area contributed by atoms with Crippen LogP contribution in [0.2, 0.25) is 0 Å². The first-order chi connectivity index (χ1) is 14.6. The molecule has 0 spiro atoms. The second-order valence-corrected chi connectivity index (χ2v) is 8.22. The van der Waals surface area contributed by atoms with E-state index in [4.69, 9.17) is 0 Å². The SMILES string of the molecule is C=c1n(C)c(=O)c(=CC=CC=CC=C2Cc3c(C)c(C)c(C)c(C)c3N2C)c(=O)n1C. The van der Waals surface area contributed by atoms with Crippen molar-refractivity contribution in [2.45, 2.75) is 34.1 Å². The Balaban J connectivity index is 1.85. The third-order valence-corrected chi connectivity index (χ3v) is 6.63. The minimum atomic E-state index is -0.342. The van der Waals surface area contributed by atoms with Gasteiger partial charge in [0.25, 0.3) is 11.1 Å².